The Morgan fingerprint density at radius 1 is 1.36 bits per heavy atom. The van der Waals surface area contributed by atoms with Crippen molar-refractivity contribution >= 4 is 56.8 Å². The molecular formula is C18H17ClN2O2S2. The number of para-hydroxylation sites is 1. The van der Waals surface area contributed by atoms with Crippen molar-refractivity contribution in [2.24, 2.45) is 4.99 Å². The van der Waals surface area contributed by atoms with Crippen molar-refractivity contribution in [2.75, 3.05) is 12.4 Å². The zero-order valence-electron chi connectivity index (χ0n) is 13.8. The third kappa shape index (κ3) is 4.51. The molecule has 0 saturated heterocycles. The fourth-order valence-corrected chi connectivity index (χ4v) is 4.65. The van der Waals surface area contributed by atoms with Crippen molar-refractivity contribution in [1.82, 2.24) is 0 Å². The summed E-state index contributed by atoms with van der Waals surface area (Å²) < 4.78 is 6.16. The van der Waals surface area contributed by atoms with Crippen LogP contribution in [0.5, 0.6) is 5.75 Å². The molecular weight excluding hydrogens is 376 g/mol. The van der Waals surface area contributed by atoms with Crippen LogP contribution in [-0.2, 0) is 10.5 Å². The van der Waals surface area contributed by atoms with Crippen LogP contribution in [0.3, 0.4) is 0 Å². The minimum atomic E-state index is -0.291. The monoisotopic (exact) mass is 392 g/mol. The Labute approximate surface area is 160 Å². The van der Waals surface area contributed by atoms with Crippen LogP contribution in [0.15, 0.2) is 47.5 Å². The highest BCUT2D eigenvalue weighted by Crippen LogP contribution is 2.36. The maximum atomic E-state index is 12.5. The highest BCUT2D eigenvalue weighted by molar-refractivity contribution is 8.39. The van der Waals surface area contributed by atoms with E-state index in [1.807, 2.05) is 25.1 Å². The maximum Gasteiger partial charge on any atom is 0.237 e. The fourth-order valence-electron chi connectivity index (χ4n) is 2.29. The second kappa shape index (κ2) is 8.17. The normalized spacial score (nSPS) is 14.3. The highest BCUT2D eigenvalue weighted by atomic mass is 35.5. The number of aliphatic imine (C=N–C) groups is 1. The first kappa shape index (κ1) is 18.2. The Bertz CT molecular complexity index is 826. The average molecular weight is 393 g/mol. The van der Waals surface area contributed by atoms with Crippen LogP contribution in [0.4, 0.5) is 11.4 Å². The number of carbonyl (C=O) groups is 1. The molecule has 0 radical (unpaired) electrons. The molecule has 1 aliphatic heterocycles. The largest absolute Gasteiger partial charge is 0.495 e. The van der Waals surface area contributed by atoms with Crippen molar-refractivity contribution in [1.29, 1.82) is 0 Å². The first-order valence-corrected chi connectivity index (χ1v) is 9.91. The van der Waals surface area contributed by atoms with Gasteiger partial charge in [0.1, 0.15) is 10.1 Å². The molecule has 1 N–H and O–H groups in total. The van der Waals surface area contributed by atoms with Gasteiger partial charge in [0.05, 0.1) is 23.7 Å². The minimum Gasteiger partial charge on any atom is -0.495 e. The van der Waals surface area contributed by atoms with Crippen molar-refractivity contribution in [3.05, 3.63) is 53.1 Å². The zero-order chi connectivity index (χ0) is 17.8. The summed E-state index contributed by atoms with van der Waals surface area (Å²) in [6.07, 6.45) is 0. The predicted molar refractivity (Wildman–Crippen MR) is 109 cm³/mol. The van der Waals surface area contributed by atoms with Gasteiger partial charge in [-0.2, -0.15) is 0 Å². The summed E-state index contributed by atoms with van der Waals surface area (Å²) in [5, 5.41) is 3.13. The first-order valence-electron chi connectivity index (χ1n) is 7.67. The number of methoxy groups -OCH3 is 1. The van der Waals surface area contributed by atoms with E-state index in [-0.39, 0.29) is 11.2 Å². The number of benzene rings is 2. The van der Waals surface area contributed by atoms with Gasteiger partial charge in [0.2, 0.25) is 5.91 Å². The third-order valence-electron chi connectivity index (χ3n) is 3.62. The summed E-state index contributed by atoms with van der Waals surface area (Å²) in [5.41, 5.74) is 2.77. The van der Waals surface area contributed by atoms with Gasteiger partial charge in [-0.05, 0) is 36.8 Å². The number of nitrogens with one attached hydrogen (secondary N) is 1. The summed E-state index contributed by atoms with van der Waals surface area (Å²) in [7, 11) is 1.56. The molecule has 1 heterocycles. The van der Waals surface area contributed by atoms with E-state index < -0.39 is 0 Å². The molecule has 0 saturated carbocycles. The predicted octanol–water partition coefficient (Wildman–Crippen LogP) is 5.34. The van der Waals surface area contributed by atoms with E-state index in [4.69, 9.17) is 16.3 Å². The lowest BCUT2D eigenvalue weighted by atomic mass is 10.2. The van der Waals surface area contributed by atoms with Crippen molar-refractivity contribution in [3.63, 3.8) is 0 Å². The van der Waals surface area contributed by atoms with Gasteiger partial charge in [0.25, 0.3) is 0 Å². The van der Waals surface area contributed by atoms with Crippen LogP contribution >= 0.6 is 35.1 Å². The summed E-state index contributed by atoms with van der Waals surface area (Å²) in [6.45, 7) is 1.86. The van der Waals surface area contributed by atoms with Crippen LogP contribution in [0.1, 0.15) is 12.5 Å². The van der Waals surface area contributed by atoms with Crippen LogP contribution in [0.2, 0.25) is 5.02 Å². The molecule has 0 aromatic heterocycles. The van der Waals surface area contributed by atoms with E-state index in [1.165, 1.54) is 17.3 Å². The molecule has 1 aliphatic rings. The molecule has 0 spiro atoms. The van der Waals surface area contributed by atoms with Gasteiger partial charge in [-0.3, -0.25) is 4.79 Å². The molecule has 7 heteroatoms. The highest BCUT2D eigenvalue weighted by Gasteiger charge is 2.21. The molecule has 0 unspecified atom stereocenters. The lowest BCUT2D eigenvalue weighted by Gasteiger charge is -2.18. The Hall–Kier alpha value is -1.63. The number of halogens is 1. The summed E-state index contributed by atoms with van der Waals surface area (Å²) >= 11 is 9.12. The Balaban J connectivity index is 1.68. The lowest BCUT2D eigenvalue weighted by Crippen LogP contribution is -2.23. The molecule has 1 atom stereocenters. The van der Waals surface area contributed by atoms with Gasteiger partial charge in [0, 0.05) is 10.8 Å². The van der Waals surface area contributed by atoms with Gasteiger partial charge in [-0.25, -0.2) is 4.99 Å². The second-order valence-electron chi connectivity index (χ2n) is 5.39. The van der Waals surface area contributed by atoms with Crippen molar-refractivity contribution < 1.29 is 9.53 Å². The molecule has 0 aliphatic carbocycles. The zero-order valence-corrected chi connectivity index (χ0v) is 16.2. The van der Waals surface area contributed by atoms with Crippen molar-refractivity contribution in [2.45, 2.75) is 17.9 Å². The minimum absolute atomic E-state index is 0.118. The van der Waals surface area contributed by atoms with Crippen LogP contribution in [-0.4, -0.2) is 22.6 Å². The van der Waals surface area contributed by atoms with Gasteiger partial charge < -0.3 is 10.1 Å². The SMILES string of the molecule is COc1ccc(Cl)cc1NC(=O)[C@@H](C)SC1=Nc2ccccc2CS1. The molecule has 2 aromatic carbocycles. The number of carbonyl (C=O) groups excluding carboxylic acids is 1. The van der Waals surface area contributed by atoms with E-state index in [9.17, 15) is 4.79 Å². The van der Waals surface area contributed by atoms with E-state index >= 15 is 0 Å². The van der Waals surface area contributed by atoms with E-state index in [1.54, 1.807) is 37.1 Å². The Morgan fingerprint density at radius 3 is 2.96 bits per heavy atom. The van der Waals surface area contributed by atoms with E-state index in [0.29, 0.717) is 16.5 Å². The number of fused-ring (bicyclic) bond motifs is 1. The number of hydrogen-bond acceptors (Lipinski definition) is 5. The molecule has 25 heavy (non-hydrogen) atoms. The number of anilines is 1. The second-order valence-corrected chi connectivity index (χ2v) is 8.38. The Morgan fingerprint density at radius 2 is 2.16 bits per heavy atom. The lowest BCUT2D eigenvalue weighted by molar-refractivity contribution is -0.115. The quantitative estimate of drug-likeness (QED) is 0.762. The van der Waals surface area contributed by atoms with Gasteiger partial charge in [-0.1, -0.05) is 53.3 Å². The van der Waals surface area contributed by atoms with E-state index in [0.717, 1.165) is 15.8 Å². The summed E-state index contributed by atoms with van der Waals surface area (Å²) in [4.78, 5) is 17.2. The third-order valence-corrected chi connectivity index (χ3v) is 6.15. The number of nitrogens with zero attached hydrogens (tertiary/aromatic N) is 1. The van der Waals surface area contributed by atoms with Gasteiger partial charge in [-0.15, -0.1) is 0 Å². The molecule has 0 bridgehead atoms. The van der Waals surface area contributed by atoms with Crippen LogP contribution in [0, 0.1) is 0 Å². The molecule has 1 amide bonds. The Kier molecular flexibility index (Phi) is 5.93. The van der Waals surface area contributed by atoms with E-state index in [2.05, 4.69) is 16.4 Å². The average Bonchev–Trinajstić information content (AvgIpc) is 2.61. The molecule has 3 rings (SSSR count). The van der Waals surface area contributed by atoms with Crippen molar-refractivity contribution in [3.8, 4) is 5.75 Å². The number of rotatable bonds is 4. The number of thioether (sulfide) groups is 2. The number of ether oxygens (including phenoxy) is 1. The number of hydrogen-bond donors (Lipinski definition) is 1. The first-order chi connectivity index (χ1) is 12.1. The standard InChI is InChI=1S/C18H17ClN2O2S2/c1-11(17(22)20-15-9-13(19)7-8-16(15)23-2)25-18-21-14-6-4-3-5-12(14)10-24-18/h3-9,11H,10H2,1-2H3,(H,20,22)/t11-/m1/s1. The fraction of sp³-hybridized carbons (Fsp3) is 0.222. The molecule has 2 aromatic rings. The summed E-state index contributed by atoms with van der Waals surface area (Å²) in [6, 6.07) is 13.2. The van der Waals surface area contributed by atoms with Gasteiger partial charge in [0.15, 0.2) is 0 Å². The topological polar surface area (TPSA) is 50.7 Å². The number of amides is 1. The molecule has 130 valence electrons. The van der Waals surface area contributed by atoms with Gasteiger partial charge >= 0.3 is 0 Å². The molecule has 0 fully saturated rings. The summed E-state index contributed by atoms with van der Waals surface area (Å²) in [5.74, 6) is 1.33. The molecule has 4 nitrogen and oxygen atoms in total. The van der Waals surface area contributed by atoms with Crippen LogP contribution < -0.4 is 10.1 Å². The van der Waals surface area contributed by atoms with Crippen LogP contribution in [0.25, 0.3) is 0 Å². The smallest absolute Gasteiger partial charge is 0.237 e. The maximum absolute atomic E-state index is 12.5.